The Bertz CT molecular complexity index is 297. The lowest BCUT2D eigenvalue weighted by atomic mass is 9.71. The Hall–Kier alpha value is -0.975. The molecule has 0 saturated heterocycles. The first-order valence-electron chi connectivity index (χ1n) is 3.18. The quantitative estimate of drug-likeness (QED) is 0.484. The van der Waals surface area contributed by atoms with E-state index in [1.54, 1.807) is 0 Å². The average Bonchev–Trinajstić information content (AvgIpc) is 1.83. The minimum absolute atomic E-state index is 0.453. The van der Waals surface area contributed by atoms with Crippen molar-refractivity contribution in [1.29, 1.82) is 0 Å². The molecule has 1 aromatic carbocycles. The minimum Gasteiger partial charge on any atom is -0.556 e. The van der Waals surface area contributed by atoms with Crippen LogP contribution in [0.1, 0.15) is 0 Å². The Morgan fingerprint density at radius 2 is 1.67 bits per heavy atom. The molecule has 0 radical (unpaired) electrons. The number of benzene rings is 1. The van der Waals surface area contributed by atoms with Gasteiger partial charge in [-0.25, -0.2) is 8.78 Å². The van der Waals surface area contributed by atoms with Gasteiger partial charge in [0.1, 0.15) is 5.82 Å². The summed E-state index contributed by atoms with van der Waals surface area (Å²) in [4.78, 5) is 0. The molecule has 1 rings (SSSR count). The zero-order valence-electron chi connectivity index (χ0n) is 5.91. The van der Waals surface area contributed by atoms with E-state index in [1.165, 1.54) is 0 Å². The first-order chi connectivity index (χ1) is 5.41. The third-order valence-electron chi connectivity index (χ3n) is 1.38. The van der Waals surface area contributed by atoms with Gasteiger partial charge in [-0.3, -0.25) is 0 Å². The van der Waals surface area contributed by atoms with Gasteiger partial charge in [0, 0.05) is 6.07 Å². The van der Waals surface area contributed by atoms with E-state index in [4.69, 9.17) is 15.1 Å². The molecule has 0 atom stereocenters. The van der Waals surface area contributed by atoms with Crippen LogP contribution in [0.2, 0.25) is 0 Å². The molecule has 0 aromatic heterocycles. The van der Waals surface area contributed by atoms with Gasteiger partial charge in [0.05, 0.1) is 5.82 Å². The van der Waals surface area contributed by atoms with Gasteiger partial charge in [-0.05, 0) is 6.07 Å². The molecular weight excluding hydrogens is 169 g/mol. The first kappa shape index (κ1) is 9.12. The minimum atomic E-state index is -3.89. The van der Waals surface area contributed by atoms with Crippen molar-refractivity contribution in [2.75, 3.05) is 0 Å². The summed E-state index contributed by atoms with van der Waals surface area (Å²) in [6.45, 7) is -3.89. The maximum Gasteiger partial charge on any atom is 0.405 e. The molecule has 0 heterocycles. The summed E-state index contributed by atoms with van der Waals surface area (Å²) in [5.41, 5.74) is -0.726. The predicted octanol–water partition coefficient (Wildman–Crippen LogP) is -0.912. The van der Waals surface area contributed by atoms with E-state index in [2.05, 4.69) is 0 Å². The van der Waals surface area contributed by atoms with Crippen molar-refractivity contribution in [1.82, 2.24) is 0 Å². The van der Waals surface area contributed by atoms with Crippen molar-refractivity contribution in [3.8, 4) is 0 Å². The highest BCUT2D eigenvalue weighted by Gasteiger charge is 2.21. The summed E-state index contributed by atoms with van der Waals surface area (Å²) in [6, 6.07) is 2.04. The van der Waals surface area contributed by atoms with E-state index >= 15 is 0 Å². The molecule has 0 bridgehead atoms. The van der Waals surface area contributed by atoms with Crippen molar-refractivity contribution in [2.45, 2.75) is 0 Å². The maximum atomic E-state index is 12.6. The van der Waals surface area contributed by atoms with Gasteiger partial charge >= 0.3 is 6.75 Å². The Labute approximate surface area is 66.9 Å². The Balaban J connectivity index is 3.19. The molecule has 0 amide bonds. The number of halogens is 2. The van der Waals surface area contributed by atoms with E-state index in [-0.39, 0.29) is 0 Å². The molecule has 66 valence electrons. The lowest BCUT2D eigenvalue weighted by molar-refractivity contribution is 0.248. The second-order valence-corrected chi connectivity index (χ2v) is 2.40. The molecule has 0 fully saturated rings. The van der Waals surface area contributed by atoms with Crippen LogP contribution >= 0.6 is 0 Å². The predicted molar refractivity (Wildman–Crippen MR) is 38.4 cm³/mol. The first-order valence-corrected chi connectivity index (χ1v) is 3.18. The molecule has 0 aliphatic rings. The van der Waals surface area contributed by atoms with Gasteiger partial charge in [0.25, 0.3) is 0 Å². The lowest BCUT2D eigenvalue weighted by Crippen LogP contribution is -2.50. The van der Waals surface area contributed by atoms with Crippen molar-refractivity contribution < 1.29 is 23.9 Å². The van der Waals surface area contributed by atoms with Crippen molar-refractivity contribution >= 4 is 12.2 Å². The average molecular weight is 175 g/mol. The maximum absolute atomic E-state index is 12.6. The van der Waals surface area contributed by atoms with Gasteiger partial charge < -0.3 is 15.1 Å². The zero-order valence-corrected chi connectivity index (χ0v) is 5.91. The molecule has 3 nitrogen and oxygen atoms in total. The number of hydrogen-bond donors (Lipinski definition) is 3. The standard InChI is InChI=1S/C6H6BF2O3/c8-4-1-2-5(6(9)3-4)7(10,11)12/h1-3,10-12H/q-1. The molecule has 0 spiro atoms. The summed E-state index contributed by atoms with van der Waals surface area (Å²) in [6.07, 6.45) is 0. The third kappa shape index (κ3) is 1.79. The number of rotatable bonds is 1. The molecule has 6 heteroatoms. The normalized spacial score (nSPS) is 11.8. The second-order valence-electron chi connectivity index (χ2n) is 2.40. The Morgan fingerprint density at radius 1 is 1.08 bits per heavy atom. The topological polar surface area (TPSA) is 60.7 Å². The fourth-order valence-corrected chi connectivity index (χ4v) is 0.816. The Morgan fingerprint density at radius 3 is 2.08 bits per heavy atom. The summed E-state index contributed by atoms with van der Waals surface area (Å²) in [5.74, 6) is -2.04. The van der Waals surface area contributed by atoms with Crippen LogP contribution < -0.4 is 5.46 Å². The fourth-order valence-electron chi connectivity index (χ4n) is 0.816. The SMILES string of the molecule is O[B-](O)(O)c1ccc(F)cc1F. The Kier molecular flexibility index (Phi) is 2.14. The largest absolute Gasteiger partial charge is 0.556 e. The summed E-state index contributed by atoms with van der Waals surface area (Å²) < 4.78 is 24.9. The lowest BCUT2D eigenvalue weighted by Gasteiger charge is -2.21. The van der Waals surface area contributed by atoms with E-state index in [0.717, 1.165) is 12.1 Å². The summed E-state index contributed by atoms with van der Waals surface area (Å²) in [5, 5.41) is 25.7. The summed E-state index contributed by atoms with van der Waals surface area (Å²) >= 11 is 0. The van der Waals surface area contributed by atoms with E-state index in [9.17, 15) is 8.78 Å². The van der Waals surface area contributed by atoms with Crippen LogP contribution in [0.15, 0.2) is 18.2 Å². The van der Waals surface area contributed by atoms with Gasteiger partial charge in [0.15, 0.2) is 0 Å². The molecular formula is C6H6BF2O3-. The fraction of sp³-hybridized carbons (Fsp3) is 0. The smallest absolute Gasteiger partial charge is 0.405 e. The monoisotopic (exact) mass is 175 g/mol. The second kappa shape index (κ2) is 2.82. The highest BCUT2D eigenvalue weighted by molar-refractivity contribution is 6.71. The third-order valence-corrected chi connectivity index (χ3v) is 1.38. The van der Waals surface area contributed by atoms with Crippen LogP contribution in [0.3, 0.4) is 0 Å². The molecule has 0 aliphatic heterocycles. The molecule has 0 saturated carbocycles. The summed E-state index contributed by atoms with van der Waals surface area (Å²) in [7, 11) is 0. The van der Waals surface area contributed by atoms with Crippen LogP contribution in [0.4, 0.5) is 8.78 Å². The number of hydrogen-bond acceptors (Lipinski definition) is 3. The highest BCUT2D eigenvalue weighted by atomic mass is 19.1. The molecule has 1 aromatic rings. The van der Waals surface area contributed by atoms with Crippen LogP contribution in [0, 0.1) is 11.6 Å². The molecule has 0 unspecified atom stereocenters. The highest BCUT2D eigenvalue weighted by Crippen LogP contribution is 2.02. The molecule has 0 aliphatic carbocycles. The molecule has 3 N–H and O–H groups in total. The van der Waals surface area contributed by atoms with Gasteiger partial charge in [-0.2, -0.15) is 0 Å². The van der Waals surface area contributed by atoms with Crippen molar-refractivity contribution in [3.63, 3.8) is 0 Å². The van der Waals surface area contributed by atoms with Crippen molar-refractivity contribution in [3.05, 3.63) is 29.8 Å². The van der Waals surface area contributed by atoms with Crippen molar-refractivity contribution in [2.24, 2.45) is 0 Å². The van der Waals surface area contributed by atoms with Gasteiger partial charge in [-0.1, -0.05) is 11.5 Å². The molecule has 12 heavy (non-hydrogen) atoms. The van der Waals surface area contributed by atoms with E-state index < -0.39 is 23.9 Å². The van der Waals surface area contributed by atoms with Crippen LogP contribution in [-0.2, 0) is 0 Å². The van der Waals surface area contributed by atoms with Crippen LogP contribution in [0.25, 0.3) is 0 Å². The zero-order chi connectivity index (χ0) is 9.35. The van der Waals surface area contributed by atoms with Crippen LogP contribution in [0.5, 0.6) is 0 Å². The van der Waals surface area contributed by atoms with E-state index in [0.29, 0.717) is 6.07 Å². The van der Waals surface area contributed by atoms with Gasteiger partial charge in [-0.15, -0.1) is 0 Å². The van der Waals surface area contributed by atoms with Gasteiger partial charge in [0.2, 0.25) is 0 Å². The van der Waals surface area contributed by atoms with E-state index in [1.807, 2.05) is 0 Å². The van der Waals surface area contributed by atoms with Crippen LogP contribution in [-0.4, -0.2) is 21.8 Å².